The van der Waals surface area contributed by atoms with E-state index in [1.165, 1.54) is 36.4 Å². The zero-order valence-corrected chi connectivity index (χ0v) is 20.1. The second-order valence-electron chi connectivity index (χ2n) is 7.55. The molecule has 0 heterocycles. The SMILES string of the molecule is CCOc1cc(NC(=O)C(CO)c2ccc(F)cc2)ccc1S(=O)(=O)Nc1cccc(OC(F)(F)F)c1. The van der Waals surface area contributed by atoms with Crippen molar-refractivity contribution in [3.63, 3.8) is 0 Å². The zero-order valence-electron chi connectivity index (χ0n) is 19.3. The third kappa shape index (κ3) is 7.57. The molecule has 198 valence electrons. The van der Waals surface area contributed by atoms with E-state index in [1.54, 1.807) is 6.92 Å². The van der Waals surface area contributed by atoms with E-state index in [2.05, 4.69) is 14.8 Å². The molecule has 0 saturated heterocycles. The molecular formula is C24H22F4N2O6S. The number of halogens is 4. The van der Waals surface area contributed by atoms with E-state index >= 15 is 0 Å². The van der Waals surface area contributed by atoms with Crippen LogP contribution in [0.3, 0.4) is 0 Å². The third-order valence-corrected chi connectivity index (χ3v) is 6.31. The van der Waals surface area contributed by atoms with Gasteiger partial charge in [0, 0.05) is 17.8 Å². The van der Waals surface area contributed by atoms with Crippen LogP contribution in [0.15, 0.2) is 71.6 Å². The van der Waals surface area contributed by atoms with Crippen LogP contribution in [0.25, 0.3) is 0 Å². The van der Waals surface area contributed by atoms with E-state index in [0.717, 1.165) is 30.3 Å². The van der Waals surface area contributed by atoms with Crippen LogP contribution in [-0.4, -0.2) is 39.0 Å². The van der Waals surface area contributed by atoms with Crippen molar-refractivity contribution in [2.75, 3.05) is 23.3 Å². The van der Waals surface area contributed by atoms with Crippen molar-refractivity contribution >= 4 is 27.3 Å². The van der Waals surface area contributed by atoms with E-state index in [0.29, 0.717) is 5.56 Å². The second-order valence-corrected chi connectivity index (χ2v) is 9.20. The molecule has 0 spiro atoms. The van der Waals surface area contributed by atoms with Crippen molar-refractivity contribution in [1.29, 1.82) is 0 Å². The van der Waals surface area contributed by atoms with Gasteiger partial charge >= 0.3 is 6.36 Å². The minimum atomic E-state index is -4.95. The van der Waals surface area contributed by atoms with Crippen molar-refractivity contribution in [3.05, 3.63) is 78.1 Å². The van der Waals surface area contributed by atoms with Crippen LogP contribution in [0.5, 0.6) is 11.5 Å². The first kappa shape index (κ1) is 27.7. The summed E-state index contributed by atoms with van der Waals surface area (Å²) in [5, 5.41) is 12.2. The van der Waals surface area contributed by atoms with Gasteiger partial charge in [0.1, 0.15) is 22.2 Å². The number of nitrogens with one attached hydrogen (secondary N) is 2. The van der Waals surface area contributed by atoms with Gasteiger partial charge in [-0.25, -0.2) is 12.8 Å². The fourth-order valence-electron chi connectivity index (χ4n) is 3.31. The summed E-state index contributed by atoms with van der Waals surface area (Å²) in [6.45, 7) is 1.09. The topological polar surface area (TPSA) is 114 Å². The van der Waals surface area contributed by atoms with Crippen molar-refractivity contribution < 1.29 is 45.4 Å². The maximum atomic E-state index is 13.2. The maximum Gasteiger partial charge on any atom is 0.573 e. The van der Waals surface area contributed by atoms with Crippen molar-refractivity contribution in [3.8, 4) is 11.5 Å². The van der Waals surface area contributed by atoms with Crippen molar-refractivity contribution in [2.45, 2.75) is 24.1 Å². The lowest BCUT2D eigenvalue weighted by atomic mass is 9.99. The molecule has 0 aromatic heterocycles. The van der Waals surface area contributed by atoms with Crippen LogP contribution in [0.4, 0.5) is 28.9 Å². The van der Waals surface area contributed by atoms with Gasteiger partial charge in [0.2, 0.25) is 5.91 Å². The van der Waals surface area contributed by atoms with Crippen LogP contribution in [-0.2, 0) is 14.8 Å². The van der Waals surface area contributed by atoms with E-state index in [-0.39, 0.29) is 28.6 Å². The van der Waals surface area contributed by atoms with E-state index in [4.69, 9.17) is 4.74 Å². The Bertz CT molecular complexity index is 1350. The number of sulfonamides is 1. The molecule has 0 radical (unpaired) electrons. The first-order valence-corrected chi connectivity index (χ1v) is 12.2. The van der Waals surface area contributed by atoms with Gasteiger partial charge in [-0.05, 0) is 48.9 Å². The Morgan fingerprint density at radius 1 is 1.03 bits per heavy atom. The number of hydrogen-bond acceptors (Lipinski definition) is 6. The summed E-state index contributed by atoms with van der Waals surface area (Å²) in [6.07, 6.45) is -4.95. The Labute approximate surface area is 209 Å². The molecule has 0 saturated carbocycles. The predicted molar refractivity (Wildman–Crippen MR) is 126 cm³/mol. The minimum absolute atomic E-state index is 0.0592. The molecule has 8 nitrogen and oxygen atoms in total. The number of carbonyl (C=O) groups excluding carboxylic acids is 1. The molecule has 1 amide bonds. The van der Waals surface area contributed by atoms with Crippen LogP contribution in [0, 0.1) is 5.82 Å². The summed E-state index contributed by atoms with van der Waals surface area (Å²) in [5.74, 6) is -2.92. The molecule has 1 unspecified atom stereocenters. The first-order valence-electron chi connectivity index (χ1n) is 10.7. The molecular weight excluding hydrogens is 520 g/mol. The van der Waals surface area contributed by atoms with Crippen LogP contribution in [0.2, 0.25) is 0 Å². The highest BCUT2D eigenvalue weighted by molar-refractivity contribution is 7.92. The van der Waals surface area contributed by atoms with E-state index in [9.17, 15) is 35.9 Å². The lowest BCUT2D eigenvalue weighted by Crippen LogP contribution is -2.24. The third-order valence-electron chi connectivity index (χ3n) is 4.89. The number of alkyl halides is 3. The van der Waals surface area contributed by atoms with Gasteiger partial charge in [0.15, 0.2) is 0 Å². The zero-order chi connectivity index (χ0) is 27.2. The standard InChI is InChI=1S/C24H22F4N2O6S/c1-2-35-21-13-17(29-23(32)20(14-31)15-6-8-16(25)9-7-15)10-11-22(21)37(33,34)30-18-4-3-5-19(12-18)36-24(26,27)28/h3-13,20,30-31H,2,14H2,1H3,(H,29,32). The summed E-state index contributed by atoms with van der Waals surface area (Å²) in [4.78, 5) is 12.4. The molecule has 0 aliphatic rings. The van der Waals surface area contributed by atoms with Crippen LogP contribution in [0.1, 0.15) is 18.4 Å². The Hall–Kier alpha value is -3.84. The lowest BCUT2D eigenvalue weighted by Gasteiger charge is -2.17. The lowest BCUT2D eigenvalue weighted by molar-refractivity contribution is -0.274. The predicted octanol–water partition coefficient (Wildman–Crippen LogP) is 4.64. The summed E-state index contributed by atoms with van der Waals surface area (Å²) in [5.41, 5.74) is 0.326. The number of carbonyl (C=O) groups is 1. The van der Waals surface area contributed by atoms with Gasteiger partial charge in [0.05, 0.1) is 24.8 Å². The molecule has 0 fully saturated rings. The molecule has 3 N–H and O–H groups in total. The van der Waals surface area contributed by atoms with Gasteiger partial charge in [-0.3, -0.25) is 9.52 Å². The number of hydrogen-bond donors (Lipinski definition) is 3. The van der Waals surface area contributed by atoms with Crippen LogP contribution < -0.4 is 19.5 Å². The second kappa shape index (κ2) is 11.5. The first-order chi connectivity index (χ1) is 17.4. The molecule has 3 aromatic carbocycles. The smallest absolute Gasteiger partial charge is 0.492 e. The van der Waals surface area contributed by atoms with Gasteiger partial charge in [0.25, 0.3) is 10.0 Å². The normalized spacial score (nSPS) is 12.5. The average Bonchev–Trinajstić information content (AvgIpc) is 2.80. The Morgan fingerprint density at radius 3 is 2.35 bits per heavy atom. The number of anilines is 2. The molecule has 1 atom stereocenters. The summed E-state index contributed by atoms with van der Waals surface area (Å²) >= 11 is 0. The summed E-state index contributed by atoms with van der Waals surface area (Å²) in [7, 11) is -4.34. The number of benzene rings is 3. The highest BCUT2D eigenvalue weighted by Crippen LogP contribution is 2.31. The van der Waals surface area contributed by atoms with E-state index < -0.39 is 46.4 Å². The van der Waals surface area contributed by atoms with Gasteiger partial charge < -0.3 is 19.9 Å². The molecule has 37 heavy (non-hydrogen) atoms. The highest BCUT2D eigenvalue weighted by atomic mass is 32.2. The maximum absolute atomic E-state index is 13.2. The summed E-state index contributed by atoms with van der Waals surface area (Å²) in [6, 6.07) is 13.0. The van der Waals surface area contributed by atoms with Gasteiger partial charge in [-0.1, -0.05) is 18.2 Å². The number of ether oxygens (including phenoxy) is 2. The molecule has 0 aliphatic heterocycles. The molecule has 0 aliphatic carbocycles. The summed E-state index contributed by atoms with van der Waals surface area (Å²) < 4.78 is 88.0. The van der Waals surface area contributed by atoms with Gasteiger partial charge in [-0.2, -0.15) is 0 Å². The monoisotopic (exact) mass is 542 g/mol. The molecule has 3 aromatic rings. The fourth-order valence-corrected chi connectivity index (χ4v) is 4.48. The van der Waals surface area contributed by atoms with Crippen molar-refractivity contribution in [1.82, 2.24) is 0 Å². The van der Waals surface area contributed by atoms with Gasteiger partial charge in [-0.15, -0.1) is 13.2 Å². The molecule has 3 rings (SSSR count). The highest BCUT2D eigenvalue weighted by Gasteiger charge is 2.31. The Kier molecular flexibility index (Phi) is 8.61. The average molecular weight is 543 g/mol. The number of amides is 1. The largest absolute Gasteiger partial charge is 0.573 e. The van der Waals surface area contributed by atoms with Crippen LogP contribution >= 0.6 is 0 Å². The minimum Gasteiger partial charge on any atom is -0.492 e. The Balaban J connectivity index is 1.84. The number of rotatable bonds is 10. The molecule has 0 bridgehead atoms. The fraction of sp³-hybridized carbons (Fsp3) is 0.208. The van der Waals surface area contributed by atoms with Crippen molar-refractivity contribution in [2.24, 2.45) is 0 Å². The quantitative estimate of drug-likeness (QED) is 0.322. The van der Waals surface area contributed by atoms with E-state index in [1.807, 2.05) is 0 Å². The Morgan fingerprint density at radius 2 is 1.73 bits per heavy atom. The molecule has 13 heteroatoms. The number of aliphatic hydroxyl groups excluding tert-OH is 1. The number of aliphatic hydroxyl groups is 1.